The Hall–Kier alpha value is -1.84. The molecule has 1 aliphatic carbocycles. The molecule has 0 N–H and O–H groups in total. The van der Waals surface area contributed by atoms with Crippen LogP contribution in [0.1, 0.15) is 24.5 Å². The van der Waals surface area contributed by atoms with Crippen LogP contribution in [0.15, 0.2) is 12.5 Å². The van der Waals surface area contributed by atoms with Crippen LogP contribution in [0, 0.1) is 3.70 Å². The van der Waals surface area contributed by atoms with Gasteiger partial charge in [-0.2, -0.15) is 5.10 Å². The Morgan fingerprint density at radius 3 is 2.82 bits per heavy atom. The van der Waals surface area contributed by atoms with Crippen molar-refractivity contribution in [2.45, 2.75) is 18.8 Å². The Kier molecular flexibility index (Phi) is 3.21. The number of aromatic nitrogens is 6. The zero-order valence-electron chi connectivity index (χ0n) is 12.1. The molecule has 1 aliphatic rings. The highest BCUT2D eigenvalue weighted by Gasteiger charge is 2.31. The lowest BCUT2D eigenvalue weighted by atomic mass is 10.1. The topological polar surface area (TPSA) is 78.6 Å². The van der Waals surface area contributed by atoms with Crippen molar-refractivity contribution >= 4 is 33.6 Å². The van der Waals surface area contributed by atoms with E-state index in [0.717, 1.165) is 38.8 Å². The fourth-order valence-corrected chi connectivity index (χ4v) is 3.25. The van der Waals surface area contributed by atoms with E-state index in [1.807, 2.05) is 7.05 Å². The maximum atomic E-state index is 5.41. The van der Waals surface area contributed by atoms with E-state index in [2.05, 4.69) is 47.6 Å². The lowest BCUT2D eigenvalue weighted by Crippen LogP contribution is -2.02. The average Bonchev–Trinajstić information content (AvgIpc) is 3.34. The molecule has 0 aliphatic heterocycles. The molecule has 4 rings (SSSR count). The van der Waals surface area contributed by atoms with Crippen LogP contribution in [-0.4, -0.2) is 36.8 Å². The molecule has 0 radical (unpaired) electrons. The summed E-state index contributed by atoms with van der Waals surface area (Å²) in [7, 11) is 3.49. The van der Waals surface area contributed by atoms with E-state index in [9.17, 15) is 0 Å². The lowest BCUT2D eigenvalue weighted by molar-refractivity contribution is 0.397. The van der Waals surface area contributed by atoms with Gasteiger partial charge in [0.2, 0.25) is 5.88 Å². The molecule has 7 nitrogen and oxygen atoms in total. The Morgan fingerprint density at radius 1 is 1.27 bits per heavy atom. The molecule has 3 aromatic heterocycles. The van der Waals surface area contributed by atoms with Crippen molar-refractivity contribution in [3.63, 3.8) is 0 Å². The molecule has 0 spiro atoms. The van der Waals surface area contributed by atoms with Crippen LogP contribution in [0.4, 0.5) is 0 Å². The van der Waals surface area contributed by atoms with Gasteiger partial charge in [0.25, 0.3) is 0 Å². The number of aryl methyl sites for hydroxylation is 1. The second-order valence-electron chi connectivity index (χ2n) is 5.26. The maximum Gasteiger partial charge on any atom is 0.227 e. The van der Waals surface area contributed by atoms with Crippen molar-refractivity contribution in [2.75, 3.05) is 7.11 Å². The van der Waals surface area contributed by atoms with Crippen molar-refractivity contribution in [3.05, 3.63) is 21.9 Å². The van der Waals surface area contributed by atoms with Crippen LogP contribution in [0.25, 0.3) is 22.4 Å². The maximum absolute atomic E-state index is 5.41. The van der Waals surface area contributed by atoms with Gasteiger partial charge in [0.1, 0.15) is 26.6 Å². The molecule has 0 unspecified atom stereocenters. The van der Waals surface area contributed by atoms with Crippen LogP contribution in [-0.2, 0) is 7.05 Å². The molecular formula is C14H13IN6O. The summed E-state index contributed by atoms with van der Waals surface area (Å²) in [5.41, 5.74) is 3.51. The number of ether oxygens (including phenoxy) is 1. The summed E-state index contributed by atoms with van der Waals surface area (Å²) >= 11 is 2.18. The van der Waals surface area contributed by atoms with Gasteiger partial charge in [-0.3, -0.25) is 4.68 Å². The smallest absolute Gasteiger partial charge is 0.227 e. The van der Waals surface area contributed by atoms with Crippen LogP contribution in [0.2, 0.25) is 0 Å². The predicted octanol–water partition coefficient (Wildman–Crippen LogP) is 2.31. The van der Waals surface area contributed by atoms with E-state index in [-0.39, 0.29) is 0 Å². The first kappa shape index (κ1) is 13.8. The summed E-state index contributed by atoms with van der Waals surface area (Å²) in [6.45, 7) is 0. The summed E-state index contributed by atoms with van der Waals surface area (Å²) < 4.78 is 8.04. The van der Waals surface area contributed by atoms with E-state index in [1.54, 1.807) is 24.3 Å². The van der Waals surface area contributed by atoms with Gasteiger partial charge < -0.3 is 4.74 Å². The van der Waals surface area contributed by atoms with E-state index in [0.29, 0.717) is 17.6 Å². The third-order valence-corrected chi connectivity index (χ3v) is 4.50. The highest BCUT2D eigenvalue weighted by Crippen LogP contribution is 2.44. The third-order valence-electron chi connectivity index (χ3n) is 3.77. The number of hydrogen-bond donors (Lipinski definition) is 0. The summed E-state index contributed by atoms with van der Waals surface area (Å²) in [5.74, 6) is 1.58. The number of nitrogens with zero attached hydrogens (tertiary/aromatic N) is 6. The van der Waals surface area contributed by atoms with E-state index in [1.165, 1.54) is 0 Å². The van der Waals surface area contributed by atoms with Crippen molar-refractivity contribution in [1.82, 2.24) is 29.7 Å². The van der Waals surface area contributed by atoms with Gasteiger partial charge >= 0.3 is 0 Å². The number of rotatable bonds is 3. The second-order valence-corrected chi connectivity index (χ2v) is 6.28. The van der Waals surface area contributed by atoms with Gasteiger partial charge in [-0.1, -0.05) is 0 Å². The average molecular weight is 408 g/mol. The van der Waals surface area contributed by atoms with Crippen molar-refractivity contribution in [2.24, 2.45) is 7.05 Å². The van der Waals surface area contributed by atoms with Crippen molar-refractivity contribution < 1.29 is 4.74 Å². The fourth-order valence-electron chi connectivity index (χ4n) is 2.53. The minimum Gasteiger partial charge on any atom is -0.480 e. The second kappa shape index (κ2) is 5.11. The summed E-state index contributed by atoms with van der Waals surface area (Å²) in [4.78, 5) is 17.8. The standard InChI is InChI=1S/C14H13IN6O/c1-21-8-5-16-13(19-11(8)12(15)20-21)9-10(7-3-4-7)17-6-18-14(9)22-2/h5-7H,3-4H2,1-2H3. The first-order chi connectivity index (χ1) is 10.7. The summed E-state index contributed by atoms with van der Waals surface area (Å²) in [6.07, 6.45) is 5.61. The van der Waals surface area contributed by atoms with Crippen LogP contribution < -0.4 is 4.74 Å². The van der Waals surface area contributed by atoms with Gasteiger partial charge in [-0.05, 0) is 35.4 Å². The normalized spacial score (nSPS) is 14.5. The Labute approximate surface area is 140 Å². The van der Waals surface area contributed by atoms with Crippen molar-refractivity contribution in [3.8, 4) is 17.3 Å². The van der Waals surface area contributed by atoms with Crippen molar-refractivity contribution in [1.29, 1.82) is 0 Å². The van der Waals surface area contributed by atoms with Gasteiger partial charge in [0.05, 0.1) is 19.0 Å². The van der Waals surface area contributed by atoms with E-state index < -0.39 is 0 Å². The number of fused-ring (bicyclic) bond motifs is 1. The predicted molar refractivity (Wildman–Crippen MR) is 88.6 cm³/mol. The molecule has 1 saturated carbocycles. The largest absolute Gasteiger partial charge is 0.480 e. The molecule has 0 saturated heterocycles. The Bertz CT molecular complexity index is 873. The highest BCUT2D eigenvalue weighted by molar-refractivity contribution is 14.1. The Morgan fingerprint density at radius 2 is 2.09 bits per heavy atom. The fraction of sp³-hybridized carbons (Fsp3) is 0.357. The third kappa shape index (κ3) is 2.13. The minimum atomic E-state index is 0.458. The van der Waals surface area contributed by atoms with Gasteiger partial charge in [0.15, 0.2) is 5.82 Å². The molecule has 3 heterocycles. The van der Waals surface area contributed by atoms with Crippen LogP contribution in [0.5, 0.6) is 5.88 Å². The Balaban J connectivity index is 1.96. The van der Waals surface area contributed by atoms with Gasteiger partial charge in [-0.15, -0.1) is 0 Å². The molecular weight excluding hydrogens is 395 g/mol. The molecule has 8 heteroatoms. The van der Waals surface area contributed by atoms with Crippen LogP contribution in [0.3, 0.4) is 0 Å². The molecule has 3 aromatic rings. The molecule has 112 valence electrons. The molecule has 0 amide bonds. The van der Waals surface area contributed by atoms with E-state index in [4.69, 9.17) is 4.74 Å². The molecule has 1 fully saturated rings. The first-order valence-corrected chi connectivity index (χ1v) is 8.01. The van der Waals surface area contributed by atoms with Gasteiger partial charge in [-0.25, -0.2) is 19.9 Å². The zero-order chi connectivity index (χ0) is 15.3. The number of methoxy groups -OCH3 is 1. The van der Waals surface area contributed by atoms with Crippen LogP contribution >= 0.6 is 22.6 Å². The molecule has 0 atom stereocenters. The molecule has 0 bridgehead atoms. The number of halogens is 1. The zero-order valence-corrected chi connectivity index (χ0v) is 14.3. The monoisotopic (exact) mass is 408 g/mol. The lowest BCUT2D eigenvalue weighted by Gasteiger charge is -2.10. The molecule has 0 aromatic carbocycles. The first-order valence-electron chi connectivity index (χ1n) is 6.93. The molecule has 22 heavy (non-hydrogen) atoms. The van der Waals surface area contributed by atoms with Gasteiger partial charge in [0, 0.05) is 13.0 Å². The number of hydrogen-bond acceptors (Lipinski definition) is 6. The van der Waals surface area contributed by atoms with E-state index >= 15 is 0 Å². The summed E-state index contributed by atoms with van der Waals surface area (Å²) in [6, 6.07) is 0. The highest BCUT2D eigenvalue weighted by atomic mass is 127. The SMILES string of the molecule is COc1ncnc(C2CC2)c1-c1ncc2c(n1)c(I)nn2C. The quantitative estimate of drug-likeness (QED) is 0.619. The summed E-state index contributed by atoms with van der Waals surface area (Å²) in [5, 5.41) is 4.38. The minimum absolute atomic E-state index is 0.458.